The minimum Gasteiger partial charge on any atom is -0.385 e. The van der Waals surface area contributed by atoms with Crippen molar-refractivity contribution in [2.75, 3.05) is 32.1 Å². The summed E-state index contributed by atoms with van der Waals surface area (Å²) in [6, 6.07) is 0. The molecule has 0 aliphatic carbocycles. The first kappa shape index (κ1) is 16.4. The van der Waals surface area contributed by atoms with E-state index in [1.165, 1.54) is 6.20 Å². The fraction of sp³-hybridized carbons (Fsp3) is 0.643. The third-order valence-corrected chi connectivity index (χ3v) is 2.73. The van der Waals surface area contributed by atoms with Crippen LogP contribution in [0, 0.1) is 0 Å². The Kier molecular flexibility index (Phi) is 8.30. The molecule has 0 aliphatic heterocycles. The van der Waals surface area contributed by atoms with Gasteiger partial charge in [-0.05, 0) is 25.7 Å². The van der Waals surface area contributed by atoms with Crippen molar-refractivity contribution in [3.63, 3.8) is 0 Å². The molecule has 6 heteroatoms. The number of hydrogen-bond donors (Lipinski definition) is 2. The highest BCUT2D eigenvalue weighted by molar-refractivity contribution is 5.92. The largest absolute Gasteiger partial charge is 0.385 e. The van der Waals surface area contributed by atoms with E-state index < -0.39 is 0 Å². The van der Waals surface area contributed by atoms with E-state index in [-0.39, 0.29) is 5.91 Å². The summed E-state index contributed by atoms with van der Waals surface area (Å²) >= 11 is 0. The maximum Gasteiger partial charge on any atom is 0.271 e. The van der Waals surface area contributed by atoms with Gasteiger partial charge < -0.3 is 15.4 Å². The molecule has 0 saturated heterocycles. The first-order valence-electron chi connectivity index (χ1n) is 7.11. The van der Waals surface area contributed by atoms with Crippen molar-refractivity contribution >= 4 is 11.7 Å². The third-order valence-electron chi connectivity index (χ3n) is 2.73. The Hall–Kier alpha value is -1.69. The number of ether oxygens (including phenoxy) is 1. The number of rotatable bonds is 10. The molecule has 6 nitrogen and oxygen atoms in total. The van der Waals surface area contributed by atoms with Crippen LogP contribution in [-0.4, -0.2) is 42.7 Å². The van der Waals surface area contributed by atoms with Gasteiger partial charge in [0.1, 0.15) is 11.5 Å². The predicted molar refractivity (Wildman–Crippen MR) is 78.9 cm³/mol. The van der Waals surface area contributed by atoms with Gasteiger partial charge in [-0.25, -0.2) is 4.98 Å². The molecule has 0 fully saturated rings. The van der Waals surface area contributed by atoms with E-state index in [1.54, 1.807) is 13.3 Å². The van der Waals surface area contributed by atoms with E-state index in [4.69, 9.17) is 4.74 Å². The standard InChI is InChI=1S/C14H24N4O2/c1-3-7-16-13-11-15-10-12(18-13)14(19)17-8-5-4-6-9-20-2/h10-11H,3-9H2,1-2H3,(H,16,18)(H,17,19). The highest BCUT2D eigenvalue weighted by Crippen LogP contribution is 2.02. The summed E-state index contributed by atoms with van der Waals surface area (Å²) in [6.07, 6.45) is 7.10. The van der Waals surface area contributed by atoms with Crippen molar-refractivity contribution in [2.45, 2.75) is 32.6 Å². The summed E-state index contributed by atoms with van der Waals surface area (Å²) in [6.45, 7) is 4.31. The first-order chi connectivity index (χ1) is 9.77. The minimum absolute atomic E-state index is 0.176. The molecule has 1 aromatic rings. The topological polar surface area (TPSA) is 76.1 Å². The lowest BCUT2D eigenvalue weighted by Crippen LogP contribution is -2.25. The third kappa shape index (κ3) is 6.47. The summed E-state index contributed by atoms with van der Waals surface area (Å²) in [5.41, 5.74) is 0.350. The maximum absolute atomic E-state index is 11.9. The minimum atomic E-state index is -0.176. The predicted octanol–water partition coefficient (Wildman–Crippen LogP) is 1.84. The lowest BCUT2D eigenvalue weighted by molar-refractivity contribution is 0.0947. The number of nitrogens with one attached hydrogen (secondary N) is 2. The van der Waals surface area contributed by atoms with Gasteiger partial charge in [0, 0.05) is 26.8 Å². The quantitative estimate of drug-likeness (QED) is 0.640. The number of methoxy groups -OCH3 is 1. The molecule has 0 radical (unpaired) electrons. The zero-order chi connectivity index (χ0) is 14.6. The van der Waals surface area contributed by atoms with Crippen LogP contribution in [0.2, 0.25) is 0 Å². The molecular formula is C14H24N4O2. The van der Waals surface area contributed by atoms with Gasteiger partial charge in [0.15, 0.2) is 0 Å². The van der Waals surface area contributed by atoms with Crippen LogP contribution in [0.3, 0.4) is 0 Å². The van der Waals surface area contributed by atoms with Crippen LogP contribution in [0.5, 0.6) is 0 Å². The Bertz CT molecular complexity index is 399. The van der Waals surface area contributed by atoms with Gasteiger partial charge in [-0.15, -0.1) is 0 Å². The molecule has 1 amide bonds. The summed E-state index contributed by atoms with van der Waals surface area (Å²) in [4.78, 5) is 20.2. The van der Waals surface area contributed by atoms with Crippen molar-refractivity contribution in [2.24, 2.45) is 0 Å². The summed E-state index contributed by atoms with van der Waals surface area (Å²) < 4.78 is 4.97. The van der Waals surface area contributed by atoms with Gasteiger partial charge in [0.2, 0.25) is 0 Å². The van der Waals surface area contributed by atoms with E-state index in [0.29, 0.717) is 18.1 Å². The number of carbonyl (C=O) groups excluding carboxylic acids is 1. The summed E-state index contributed by atoms with van der Waals surface area (Å²) in [5.74, 6) is 0.462. The molecule has 0 aliphatic rings. The molecule has 0 atom stereocenters. The number of hydrogen-bond acceptors (Lipinski definition) is 5. The molecule has 0 unspecified atom stereocenters. The van der Waals surface area contributed by atoms with Gasteiger partial charge in [0.25, 0.3) is 5.91 Å². The normalized spacial score (nSPS) is 10.3. The Morgan fingerprint density at radius 3 is 2.85 bits per heavy atom. The first-order valence-corrected chi connectivity index (χ1v) is 7.11. The highest BCUT2D eigenvalue weighted by atomic mass is 16.5. The number of nitrogens with zero attached hydrogens (tertiary/aromatic N) is 2. The zero-order valence-electron chi connectivity index (χ0n) is 12.3. The summed E-state index contributed by atoms with van der Waals surface area (Å²) in [7, 11) is 1.69. The van der Waals surface area contributed by atoms with Crippen molar-refractivity contribution in [3.8, 4) is 0 Å². The van der Waals surface area contributed by atoms with Gasteiger partial charge >= 0.3 is 0 Å². The van der Waals surface area contributed by atoms with Gasteiger partial charge in [-0.3, -0.25) is 9.78 Å². The second-order valence-electron chi connectivity index (χ2n) is 4.53. The van der Waals surface area contributed by atoms with Crippen molar-refractivity contribution in [1.29, 1.82) is 0 Å². The number of anilines is 1. The number of unbranched alkanes of at least 4 members (excludes halogenated alkanes) is 2. The molecule has 0 aromatic carbocycles. The fourth-order valence-corrected chi connectivity index (χ4v) is 1.65. The smallest absolute Gasteiger partial charge is 0.271 e. The second kappa shape index (κ2) is 10.1. The monoisotopic (exact) mass is 280 g/mol. The molecule has 1 heterocycles. The SMILES string of the molecule is CCCNc1cncc(C(=O)NCCCCCOC)n1. The number of carbonyl (C=O) groups is 1. The number of aromatic nitrogens is 2. The highest BCUT2D eigenvalue weighted by Gasteiger charge is 2.07. The molecule has 0 bridgehead atoms. The Morgan fingerprint density at radius 2 is 2.10 bits per heavy atom. The summed E-state index contributed by atoms with van der Waals surface area (Å²) in [5, 5.41) is 5.96. The van der Waals surface area contributed by atoms with Crippen LogP contribution in [0.15, 0.2) is 12.4 Å². The maximum atomic E-state index is 11.9. The fourth-order valence-electron chi connectivity index (χ4n) is 1.65. The van der Waals surface area contributed by atoms with Gasteiger partial charge in [-0.1, -0.05) is 6.92 Å². The zero-order valence-corrected chi connectivity index (χ0v) is 12.3. The van der Waals surface area contributed by atoms with Crippen molar-refractivity contribution in [3.05, 3.63) is 18.1 Å². The molecule has 112 valence electrons. The molecule has 1 rings (SSSR count). The molecule has 0 spiro atoms. The van der Waals surface area contributed by atoms with Crippen LogP contribution in [0.4, 0.5) is 5.82 Å². The molecular weight excluding hydrogens is 256 g/mol. The Balaban J connectivity index is 2.31. The molecule has 20 heavy (non-hydrogen) atoms. The van der Waals surface area contributed by atoms with E-state index in [2.05, 4.69) is 27.5 Å². The van der Waals surface area contributed by atoms with Gasteiger partial charge in [0.05, 0.1) is 12.4 Å². The molecule has 1 aromatic heterocycles. The van der Waals surface area contributed by atoms with Crippen LogP contribution in [0.1, 0.15) is 43.1 Å². The average molecular weight is 280 g/mol. The molecule has 0 saturated carbocycles. The van der Waals surface area contributed by atoms with Crippen LogP contribution >= 0.6 is 0 Å². The van der Waals surface area contributed by atoms with E-state index in [1.807, 2.05) is 0 Å². The van der Waals surface area contributed by atoms with E-state index >= 15 is 0 Å². The lowest BCUT2D eigenvalue weighted by atomic mass is 10.2. The van der Waals surface area contributed by atoms with E-state index in [0.717, 1.165) is 38.8 Å². The van der Waals surface area contributed by atoms with Crippen LogP contribution < -0.4 is 10.6 Å². The van der Waals surface area contributed by atoms with Gasteiger partial charge in [-0.2, -0.15) is 0 Å². The Labute approximate surface area is 120 Å². The Morgan fingerprint density at radius 1 is 1.25 bits per heavy atom. The van der Waals surface area contributed by atoms with Crippen LogP contribution in [0.25, 0.3) is 0 Å². The lowest BCUT2D eigenvalue weighted by Gasteiger charge is -2.07. The van der Waals surface area contributed by atoms with E-state index in [9.17, 15) is 4.79 Å². The van der Waals surface area contributed by atoms with Crippen LogP contribution in [-0.2, 0) is 4.74 Å². The van der Waals surface area contributed by atoms with Crippen molar-refractivity contribution < 1.29 is 9.53 Å². The molecule has 2 N–H and O–H groups in total. The second-order valence-corrected chi connectivity index (χ2v) is 4.53. The number of amides is 1. The van der Waals surface area contributed by atoms with Crippen molar-refractivity contribution in [1.82, 2.24) is 15.3 Å². The average Bonchev–Trinajstić information content (AvgIpc) is 2.48.